The molecule has 0 saturated heterocycles. The summed E-state index contributed by atoms with van der Waals surface area (Å²) in [5.41, 5.74) is 8.20. The molecule has 42 heavy (non-hydrogen) atoms. The largest absolute Gasteiger partial charge is 0.310 e. The summed E-state index contributed by atoms with van der Waals surface area (Å²) < 4.78 is 2.55. The van der Waals surface area contributed by atoms with Crippen molar-refractivity contribution in [1.82, 2.24) is 4.98 Å². The van der Waals surface area contributed by atoms with E-state index in [1.54, 1.807) is 0 Å². The first-order chi connectivity index (χ1) is 20.8. The van der Waals surface area contributed by atoms with E-state index in [1.165, 1.54) is 53.2 Å². The van der Waals surface area contributed by atoms with Crippen LogP contribution in [-0.4, -0.2) is 4.98 Å². The Labute approximate surface area is 248 Å². The monoisotopic (exact) mass is 554 g/mol. The number of benzene rings is 6. The molecule has 0 fully saturated rings. The summed E-state index contributed by atoms with van der Waals surface area (Å²) >= 11 is 1.84. The van der Waals surface area contributed by atoms with E-state index >= 15 is 0 Å². The van der Waals surface area contributed by atoms with Crippen molar-refractivity contribution in [1.29, 1.82) is 0 Å². The number of hydrogen-bond acceptors (Lipinski definition) is 3. The second-order valence-corrected chi connectivity index (χ2v) is 11.5. The van der Waals surface area contributed by atoms with Crippen molar-refractivity contribution in [2.75, 3.05) is 4.90 Å². The molecule has 0 saturated carbocycles. The van der Waals surface area contributed by atoms with Crippen molar-refractivity contribution in [3.63, 3.8) is 0 Å². The van der Waals surface area contributed by atoms with Crippen LogP contribution in [0.25, 0.3) is 53.2 Å². The third-order valence-corrected chi connectivity index (χ3v) is 9.08. The smallest absolute Gasteiger partial charge is 0.0540 e. The number of nitrogens with zero attached hydrogens (tertiary/aromatic N) is 2. The lowest BCUT2D eigenvalue weighted by Crippen LogP contribution is -2.11. The van der Waals surface area contributed by atoms with E-state index in [2.05, 4.69) is 155 Å². The van der Waals surface area contributed by atoms with Gasteiger partial charge in [-0.2, -0.15) is 0 Å². The van der Waals surface area contributed by atoms with Gasteiger partial charge in [-0.1, -0.05) is 103 Å². The zero-order valence-electron chi connectivity index (χ0n) is 22.8. The van der Waals surface area contributed by atoms with Crippen molar-refractivity contribution >= 4 is 59.3 Å². The molecule has 8 rings (SSSR count). The predicted molar refractivity (Wildman–Crippen MR) is 180 cm³/mol. The topological polar surface area (TPSA) is 16.1 Å². The van der Waals surface area contributed by atoms with Crippen LogP contribution in [0.15, 0.2) is 158 Å². The highest BCUT2D eigenvalue weighted by atomic mass is 32.1. The van der Waals surface area contributed by atoms with Crippen LogP contribution < -0.4 is 4.90 Å². The van der Waals surface area contributed by atoms with Gasteiger partial charge < -0.3 is 4.90 Å². The minimum atomic E-state index is 1.12. The Bertz CT molecular complexity index is 2180. The van der Waals surface area contributed by atoms with Crippen molar-refractivity contribution in [2.24, 2.45) is 0 Å². The number of pyridine rings is 1. The molecular formula is C39H26N2S. The SMILES string of the molecule is c1ccc(-c2ccc(N(c3ccc4c(c3)sc3ccc5ccncc5c34)c3ccccc3-c3ccccc3)cc2)cc1. The van der Waals surface area contributed by atoms with E-state index in [0.717, 1.165) is 17.1 Å². The van der Waals surface area contributed by atoms with Crippen LogP contribution in [0.5, 0.6) is 0 Å². The van der Waals surface area contributed by atoms with Crippen molar-refractivity contribution < 1.29 is 0 Å². The van der Waals surface area contributed by atoms with Crippen LogP contribution in [0.2, 0.25) is 0 Å². The molecule has 0 radical (unpaired) electrons. The summed E-state index contributed by atoms with van der Waals surface area (Å²) in [7, 11) is 0. The number of thiophene rings is 1. The lowest BCUT2D eigenvalue weighted by atomic mass is 10.0. The normalized spacial score (nSPS) is 11.3. The van der Waals surface area contributed by atoms with Crippen LogP contribution in [0.4, 0.5) is 17.1 Å². The van der Waals surface area contributed by atoms with Gasteiger partial charge in [-0.05, 0) is 64.5 Å². The maximum atomic E-state index is 4.44. The Balaban J connectivity index is 1.33. The van der Waals surface area contributed by atoms with Crippen LogP contribution in [-0.2, 0) is 0 Å². The minimum Gasteiger partial charge on any atom is -0.310 e. The number of para-hydroxylation sites is 1. The molecule has 0 aliphatic rings. The summed E-state index contributed by atoms with van der Waals surface area (Å²) in [5, 5.41) is 4.98. The molecule has 2 aromatic heterocycles. The van der Waals surface area contributed by atoms with Gasteiger partial charge in [0.15, 0.2) is 0 Å². The van der Waals surface area contributed by atoms with E-state index in [1.807, 2.05) is 23.7 Å². The lowest BCUT2D eigenvalue weighted by molar-refractivity contribution is 1.29. The molecule has 0 unspecified atom stereocenters. The highest BCUT2D eigenvalue weighted by molar-refractivity contribution is 7.26. The molecule has 8 aromatic rings. The average molecular weight is 555 g/mol. The maximum Gasteiger partial charge on any atom is 0.0540 e. The van der Waals surface area contributed by atoms with Gasteiger partial charge in [0.2, 0.25) is 0 Å². The first-order valence-electron chi connectivity index (χ1n) is 14.1. The van der Waals surface area contributed by atoms with Gasteiger partial charge in [0.05, 0.1) is 5.69 Å². The fourth-order valence-electron chi connectivity index (χ4n) is 5.95. The summed E-state index contributed by atoms with van der Waals surface area (Å²) in [4.78, 5) is 6.83. The molecule has 3 heteroatoms. The Morgan fingerprint density at radius 2 is 1.19 bits per heavy atom. The first kappa shape index (κ1) is 24.5. The van der Waals surface area contributed by atoms with E-state index in [0.29, 0.717) is 0 Å². The van der Waals surface area contributed by atoms with Gasteiger partial charge in [0.1, 0.15) is 0 Å². The number of hydrogen-bond donors (Lipinski definition) is 0. The van der Waals surface area contributed by atoms with Gasteiger partial charge in [-0.3, -0.25) is 4.98 Å². The van der Waals surface area contributed by atoms with Gasteiger partial charge in [0.25, 0.3) is 0 Å². The van der Waals surface area contributed by atoms with Gasteiger partial charge in [-0.15, -0.1) is 11.3 Å². The first-order valence-corrected chi connectivity index (χ1v) is 14.9. The van der Waals surface area contributed by atoms with E-state index in [-0.39, 0.29) is 0 Å². The van der Waals surface area contributed by atoms with Gasteiger partial charge in [-0.25, -0.2) is 0 Å². The molecule has 6 aromatic carbocycles. The second-order valence-electron chi connectivity index (χ2n) is 10.4. The molecule has 198 valence electrons. The lowest BCUT2D eigenvalue weighted by Gasteiger charge is -2.28. The predicted octanol–water partition coefficient (Wildman–Crippen LogP) is 11.4. The van der Waals surface area contributed by atoms with Crippen LogP contribution in [0.1, 0.15) is 0 Å². The van der Waals surface area contributed by atoms with Crippen LogP contribution in [0.3, 0.4) is 0 Å². The minimum absolute atomic E-state index is 1.12. The molecule has 2 heterocycles. The summed E-state index contributed by atoms with van der Waals surface area (Å²) in [5.74, 6) is 0. The molecule has 0 N–H and O–H groups in total. The van der Waals surface area contributed by atoms with Crippen LogP contribution in [0, 0.1) is 0 Å². The summed E-state index contributed by atoms with van der Waals surface area (Å²) in [6.45, 7) is 0. The Morgan fingerprint density at radius 1 is 0.500 bits per heavy atom. The van der Waals surface area contributed by atoms with E-state index in [9.17, 15) is 0 Å². The zero-order chi connectivity index (χ0) is 27.9. The van der Waals surface area contributed by atoms with E-state index < -0.39 is 0 Å². The average Bonchev–Trinajstić information content (AvgIpc) is 3.45. The Morgan fingerprint density at radius 3 is 2.00 bits per heavy atom. The van der Waals surface area contributed by atoms with Gasteiger partial charge >= 0.3 is 0 Å². The van der Waals surface area contributed by atoms with Gasteiger partial charge in [0, 0.05) is 54.9 Å². The summed E-state index contributed by atoms with van der Waals surface area (Å²) in [6, 6.07) is 52.2. The molecule has 0 spiro atoms. The quantitative estimate of drug-likeness (QED) is 0.210. The second kappa shape index (κ2) is 10.3. The molecule has 0 bridgehead atoms. The standard InChI is InChI=1S/C39H26N2S/c1-3-9-27(10-4-1)28-15-18-31(19-16-28)41(36-14-8-7-13-33(36)29-11-5-2-6-12-29)32-20-21-34-38(25-32)42-37-22-17-30-23-24-40-26-35(30)39(34)37/h1-26H. The number of anilines is 3. The Kier molecular flexibility index (Phi) is 6.02. The maximum absolute atomic E-state index is 4.44. The van der Waals surface area contributed by atoms with Crippen LogP contribution >= 0.6 is 11.3 Å². The molecule has 0 amide bonds. The molecule has 0 atom stereocenters. The van der Waals surface area contributed by atoms with Crippen molar-refractivity contribution in [3.8, 4) is 22.3 Å². The summed E-state index contributed by atoms with van der Waals surface area (Å²) in [6.07, 6.45) is 3.86. The highest BCUT2D eigenvalue weighted by Crippen LogP contribution is 2.45. The fraction of sp³-hybridized carbons (Fsp3) is 0. The van der Waals surface area contributed by atoms with E-state index in [4.69, 9.17) is 0 Å². The number of aromatic nitrogens is 1. The third kappa shape index (κ3) is 4.23. The molecule has 0 aliphatic heterocycles. The molecule has 2 nitrogen and oxygen atoms in total. The number of fused-ring (bicyclic) bond motifs is 5. The van der Waals surface area contributed by atoms with Crippen molar-refractivity contribution in [3.05, 3.63) is 158 Å². The fourth-order valence-corrected chi connectivity index (χ4v) is 7.11. The third-order valence-electron chi connectivity index (χ3n) is 7.96. The van der Waals surface area contributed by atoms with Crippen molar-refractivity contribution in [2.45, 2.75) is 0 Å². The Hall–Kier alpha value is -5.25. The zero-order valence-corrected chi connectivity index (χ0v) is 23.6. The highest BCUT2D eigenvalue weighted by Gasteiger charge is 2.19. The molecule has 0 aliphatic carbocycles. The molecular weight excluding hydrogens is 529 g/mol. The number of rotatable bonds is 5.